The van der Waals surface area contributed by atoms with Gasteiger partial charge in [-0.05, 0) is 54.7 Å². The van der Waals surface area contributed by atoms with E-state index in [-0.39, 0.29) is 5.91 Å². The van der Waals surface area contributed by atoms with Crippen LogP contribution in [0.25, 0.3) is 0 Å². The zero-order chi connectivity index (χ0) is 19.3. The number of hydrogen-bond acceptors (Lipinski definition) is 3. The van der Waals surface area contributed by atoms with Crippen LogP contribution in [-0.4, -0.2) is 48.0 Å². The first-order valence-electron chi connectivity index (χ1n) is 10.6. The highest BCUT2D eigenvalue weighted by Crippen LogP contribution is 2.25. The van der Waals surface area contributed by atoms with Crippen molar-refractivity contribution in [3.63, 3.8) is 0 Å². The van der Waals surface area contributed by atoms with Gasteiger partial charge in [-0.3, -0.25) is 9.69 Å². The fourth-order valence-electron chi connectivity index (χ4n) is 4.26. The van der Waals surface area contributed by atoms with Gasteiger partial charge < -0.3 is 9.64 Å². The lowest BCUT2D eigenvalue weighted by Gasteiger charge is -2.33. The van der Waals surface area contributed by atoms with Crippen LogP contribution in [0.1, 0.15) is 47.7 Å². The molecule has 2 aliphatic rings. The second-order valence-electron chi connectivity index (χ2n) is 7.91. The van der Waals surface area contributed by atoms with Gasteiger partial charge in [0, 0.05) is 37.8 Å². The van der Waals surface area contributed by atoms with Crippen LogP contribution in [0, 0.1) is 0 Å². The highest BCUT2D eigenvalue weighted by atomic mass is 16.5. The molecule has 1 unspecified atom stereocenters. The van der Waals surface area contributed by atoms with Crippen LogP contribution in [0.5, 0.6) is 5.75 Å². The molecule has 0 bridgehead atoms. The van der Waals surface area contributed by atoms with Crippen molar-refractivity contribution >= 4 is 5.91 Å². The second-order valence-corrected chi connectivity index (χ2v) is 7.91. The fourth-order valence-corrected chi connectivity index (χ4v) is 4.26. The number of rotatable bonds is 6. The molecule has 4 rings (SSSR count). The van der Waals surface area contributed by atoms with Crippen molar-refractivity contribution < 1.29 is 9.53 Å². The number of carbonyl (C=O) groups is 1. The number of fused-ring (bicyclic) bond motifs is 1. The van der Waals surface area contributed by atoms with E-state index < -0.39 is 0 Å². The predicted molar refractivity (Wildman–Crippen MR) is 112 cm³/mol. The summed E-state index contributed by atoms with van der Waals surface area (Å²) in [4.78, 5) is 17.5. The van der Waals surface area contributed by atoms with E-state index in [0.29, 0.717) is 6.04 Å². The van der Waals surface area contributed by atoms with Crippen molar-refractivity contribution in [1.29, 1.82) is 0 Å². The zero-order valence-electron chi connectivity index (χ0n) is 16.8. The number of amides is 1. The standard InChI is InChI=1S/C24H30N2O2/c1-2-3-16-28-23-10-8-20(9-11-23)24(27)26-15-13-22(18-26)25-14-12-19-6-4-5-7-21(19)17-25/h4-11,22H,2-3,12-18H2,1H3. The molecule has 2 aromatic carbocycles. The number of unbranched alkanes of at least 4 members (excludes halogenated alkanes) is 1. The van der Waals surface area contributed by atoms with Crippen LogP contribution < -0.4 is 4.74 Å². The third-order valence-corrected chi connectivity index (χ3v) is 6.00. The molecule has 0 radical (unpaired) electrons. The molecule has 4 heteroatoms. The lowest BCUT2D eigenvalue weighted by atomic mass is 9.98. The molecule has 0 saturated carbocycles. The van der Waals surface area contributed by atoms with Gasteiger partial charge >= 0.3 is 0 Å². The molecule has 2 heterocycles. The highest BCUT2D eigenvalue weighted by Gasteiger charge is 2.32. The minimum atomic E-state index is 0.139. The predicted octanol–water partition coefficient (Wildman–Crippen LogP) is 4.14. The van der Waals surface area contributed by atoms with Crippen LogP contribution in [0.3, 0.4) is 0 Å². The molecule has 0 N–H and O–H groups in total. The topological polar surface area (TPSA) is 32.8 Å². The van der Waals surface area contributed by atoms with Crippen molar-refractivity contribution in [3.05, 3.63) is 65.2 Å². The lowest BCUT2D eigenvalue weighted by Crippen LogP contribution is -2.41. The van der Waals surface area contributed by atoms with Crippen molar-refractivity contribution in [2.45, 2.75) is 45.2 Å². The third-order valence-electron chi connectivity index (χ3n) is 6.00. The monoisotopic (exact) mass is 378 g/mol. The van der Waals surface area contributed by atoms with Gasteiger partial charge in [-0.15, -0.1) is 0 Å². The van der Waals surface area contributed by atoms with Gasteiger partial charge in [0.05, 0.1) is 6.61 Å². The van der Waals surface area contributed by atoms with Gasteiger partial charge in [0.25, 0.3) is 5.91 Å². The van der Waals surface area contributed by atoms with E-state index in [1.807, 2.05) is 29.2 Å². The largest absolute Gasteiger partial charge is 0.494 e. The molecule has 1 amide bonds. The van der Waals surface area contributed by atoms with Crippen molar-refractivity contribution in [2.24, 2.45) is 0 Å². The van der Waals surface area contributed by atoms with Gasteiger partial charge in [-0.1, -0.05) is 37.6 Å². The van der Waals surface area contributed by atoms with Gasteiger partial charge in [-0.25, -0.2) is 0 Å². The molecule has 1 saturated heterocycles. The van der Waals surface area contributed by atoms with E-state index in [1.165, 1.54) is 11.1 Å². The van der Waals surface area contributed by atoms with E-state index in [0.717, 1.165) is 69.8 Å². The van der Waals surface area contributed by atoms with Crippen molar-refractivity contribution in [1.82, 2.24) is 9.80 Å². The summed E-state index contributed by atoms with van der Waals surface area (Å²) >= 11 is 0. The Kier molecular flexibility index (Phi) is 5.96. The van der Waals surface area contributed by atoms with Gasteiger partial charge in [0.2, 0.25) is 0 Å². The molecule has 28 heavy (non-hydrogen) atoms. The molecule has 2 aliphatic heterocycles. The van der Waals surface area contributed by atoms with Crippen LogP contribution in [-0.2, 0) is 13.0 Å². The van der Waals surface area contributed by atoms with Crippen molar-refractivity contribution in [3.8, 4) is 5.75 Å². The van der Waals surface area contributed by atoms with Crippen LogP contribution in [0.4, 0.5) is 0 Å². The van der Waals surface area contributed by atoms with E-state index in [1.54, 1.807) is 0 Å². The normalized spacial score (nSPS) is 19.5. The first-order valence-corrected chi connectivity index (χ1v) is 10.6. The summed E-state index contributed by atoms with van der Waals surface area (Å²) < 4.78 is 5.70. The summed E-state index contributed by atoms with van der Waals surface area (Å²) in [5.74, 6) is 0.983. The maximum atomic E-state index is 12.9. The Labute approximate surface area is 168 Å². The first kappa shape index (κ1) is 19.0. The van der Waals surface area contributed by atoms with Crippen LogP contribution >= 0.6 is 0 Å². The maximum absolute atomic E-state index is 12.9. The Morgan fingerprint density at radius 2 is 1.86 bits per heavy atom. The Hall–Kier alpha value is -2.33. The number of likely N-dealkylation sites (tertiary alicyclic amines) is 1. The van der Waals surface area contributed by atoms with Crippen molar-refractivity contribution in [2.75, 3.05) is 26.2 Å². The molecule has 1 atom stereocenters. The van der Waals surface area contributed by atoms with E-state index >= 15 is 0 Å². The molecule has 2 aromatic rings. The molecule has 0 spiro atoms. The lowest BCUT2D eigenvalue weighted by molar-refractivity contribution is 0.0773. The Balaban J connectivity index is 1.33. The molecular weight excluding hydrogens is 348 g/mol. The molecular formula is C24H30N2O2. The summed E-state index contributed by atoms with van der Waals surface area (Å²) in [7, 11) is 0. The Morgan fingerprint density at radius 3 is 2.64 bits per heavy atom. The SMILES string of the molecule is CCCCOc1ccc(C(=O)N2CCC(N3CCc4ccccc4C3)C2)cc1. The minimum absolute atomic E-state index is 0.139. The zero-order valence-corrected chi connectivity index (χ0v) is 16.8. The van der Waals surface area contributed by atoms with E-state index in [9.17, 15) is 4.79 Å². The van der Waals surface area contributed by atoms with Crippen LogP contribution in [0.2, 0.25) is 0 Å². The summed E-state index contributed by atoms with van der Waals surface area (Å²) in [6.45, 7) is 6.65. The van der Waals surface area contributed by atoms with Gasteiger partial charge in [-0.2, -0.15) is 0 Å². The molecule has 1 fully saturated rings. The van der Waals surface area contributed by atoms with E-state index in [4.69, 9.17) is 4.74 Å². The summed E-state index contributed by atoms with van der Waals surface area (Å²) in [5.41, 5.74) is 3.68. The Morgan fingerprint density at radius 1 is 1.07 bits per heavy atom. The fraction of sp³-hybridized carbons (Fsp3) is 0.458. The summed E-state index contributed by atoms with van der Waals surface area (Å²) in [5, 5.41) is 0. The van der Waals surface area contributed by atoms with Gasteiger partial charge in [0.15, 0.2) is 0 Å². The average Bonchev–Trinajstić information content (AvgIpc) is 3.24. The molecule has 148 valence electrons. The smallest absolute Gasteiger partial charge is 0.253 e. The first-order chi connectivity index (χ1) is 13.7. The average molecular weight is 379 g/mol. The van der Waals surface area contributed by atoms with Crippen LogP contribution in [0.15, 0.2) is 48.5 Å². The van der Waals surface area contributed by atoms with E-state index in [2.05, 4.69) is 36.1 Å². The Bertz CT molecular complexity index is 803. The number of nitrogens with zero attached hydrogens (tertiary/aromatic N) is 2. The highest BCUT2D eigenvalue weighted by molar-refractivity contribution is 5.94. The third kappa shape index (κ3) is 4.22. The number of ether oxygens (including phenoxy) is 1. The molecule has 4 nitrogen and oxygen atoms in total. The number of hydrogen-bond donors (Lipinski definition) is 0. The molecule has 0 aromatic heterocycles. The quantitative estimate of drug-likeness (QED) is 0.709. The molecule has 0 aliphatic carbocycles. The number of carbonyl (C=O) groups excluding carboxylic acids is 1. The number of benzene rings is 2. The summed E-state index contributed by atoms with van der Waals surface area (Å²) in [6.07, 6.45) is 4.35. The summed E-state index contributed by atoms with van der Waals surface area (Å²) in [6, 6.07) is 16.8. The maximum Gasteiger partial charge on any atom is 0.253 e. The second kappa shape index (κ2) is 8.78. The van der Waals surface area contributed by atoms with Gasteiger partial charge in [0.1, 0.15) is 5.75 Å². The minimum Gasteiger partial charge on any atom is -0.494 e.